The molecule has 3 heterocycles. The van der Waals surface area contributed by atoms with Crippen molar-refractivity contribution in [2.75, 3.05) is 24.7 Å². The van der Waals surface area contributed by atoms with E-state index in [1.807, 2.05) is 6.07 Å². The predicted molar refractivity (Wildman–Crippen MR) is 113 cm³/mol. The number of aryl methyl sites for hydroxylation is 1. The first-order valence-electron chi connectivity index (χ1n) is 10.6. The van der Waals surface area contributed by atoms with Crippen LogP contribution in [-0.4, -0.2) is 57.6 Å². The van der Waals surface area contributed by atoms with Crippen molar-refractivity contribution in [2.45, 2.75) is 44.4 Å². The van der Waals surface area contributed by atoms with Gasteiger partial charge in [-0.3, -0.25) is 0 Å². The Morgan fingerprint density at radius 1 is 1.27 bits per heavy atom. The Morgan fingerprint density at radius 2 is 2.03 bits per heavy atom. The van der Waals surface area contributed by atoms with Crippen molar-refractivity contribution < 1.29 is 21.6 Å². The van der Waals surface area contributed by atoms with E-state index in [0.717, 1.165) is 19.0 Å². The molecular weight excluding hydrogens is 459 g/mol. The van der Waals surface area contributed by atoms with Gasteiger partial charge in [-0.25, -0.2) is 27.7 Å². The van der Waals surface area contributed by atoms with Crippen molar-refractivity contribution in [1.82, 2.24) is 23.8 Å². The summed E-state index contributed by atoms with van der Waals surface area (Å²) in [4.78, 5) is 12.1. The third-order valence-corrected chi connectivity index (χ3v) is 7.35. The third-order valence-electron chi connectivity index (χ3n) is 6.08. The number of anilines is 1. The van der Waals surface area contributed by atoms with Crippen LogP contribution in [0, 0.1) is 23.2 Å². The normalized spacial score (nSPS) is 22.2. The number of imidazole rings is 1. The predicted octanol–water partition coefficient (Wildman–Crippen LogP) is 2.74. The minimum absolute atomic E-state index is 0.0352. The second-order valence-corrected chi connectivity index (χ2v) is 10.5. The molecule has 9 nitrogen and oxygen atoms in total. The fourth-order valence-electron chi connectivity index (χ4n) is 4.24. The molecule has 178 valence electrons. The number of rotatable bonds is 7. The van der Waals surface area contributed by atoms with E-state index in [-0.39, 0.29) is 35.7 Å². The lowest BCUT2D eigenvalue weighted by Crippen LogP contribution is -2.49. The van der Waals surface area contributed by atoms with Gasteiger partial charge in [0.15, 0.2) is 0 Å². The van der Waals surface area contributed by atoms with E-state index in [9.17, 15) is 21.6 Å². The number of nitrogens with zero attached hydrogens (tertiary/aromatic N) is 6. The fraction of sp³-hybridized carbons (Fsp3) is 0.600. The van der Waals surface area contributed by atoms with Crippen molar-refractivity contribution in [3.63, 3.8) is 0 Å². The van der Waals surface area contributed by atoms with E-state index in [4.69, 9.17) is 5.26 Å². The number of hydrogen-bond acceptors (Lipinski definition) is 7. The molecule has 2 aromatic heterocycles. The molecule has 2 atom stereocenters. The number of halogens is 3. The van der Waals surface area contributed by atoms with Crippen molar-refractivity contribution in [2.24, 2.45) is 11.8 Å². The van der Waals surface area contributed by atoms with Gasteiger partial charge in [0, 0.05) is 38.1 Å². The molecule has 2 aromatic rings. The van der Waals surface area contributed by atoms with Gasteiger partial charge in [0.25, 0.3) is 0 Å². The molecule has 0 bridgehead atoms. The Morgan fingerprint density at radius 3 is 2.67 bits per heavy atom. The van der Waals surface area contributed by atoms with Crippen LogP contribution in [-0.2, 0) is 22.7 Å². The molecule has 33 heavy (non-hydrogen) atoms. The Bertz CT molecular complexity index is 1160. The van der Waals surface area contributed by atoms with E-state index in [1.54, 1.807) is 0 Å². The Labute approximate surface area is 189 Å². The average molecular weight is 484 g/mol. The van der Waals surface area contributed by atoms with Crippen molar-refractivity contribution >= 4 is 16.0 Å². The monoisotopic (exact) mass is 483 g/mol. The molecule has 1 aliphatic carbocycles. The maximum Gasteiger partial charge on any atom is 0.420 e. The molecule has 13 heteroatoms. The molecule has 0 amide bonds. The first-order chi connectivity index (χ1) is 15.6. The van der Waals surface area contributed by atoms with E-state index in [1.165, 1.54) is 27.7 Å². The lowest BCUT2D eigenvalue weighted by Gasteiger charge is -2.38. The summed E-state index contributed by atoms with van der Waals surface area (Å²) in [6, 6.07) is 1.84. The number of hydrogen-bond donors (Lipinski definition) is 1. The highest BCUT2D eigenvalue weighted by Gasteiger charge is 2.42. The minimum Gasteiger partial charge on any atom is -0.351 e. The van der Waals surface area contributed by atoms with E-state index in [2.05, 4.69) is 20.3 Å². The Balaban J connectivity index is 1.60. The zero-order valence-corrected chi connectivity index (χ0v) is 18.8. The molecule has 2 unspecified atom stereocenters. The summed E-state index contributed by atoms with van der Waals surface area (Å²) in [6.45, 7) is 1.01. The number of nitriles is 1. The van der Waals surface area contributed by atoms with Crippen LogP contribution in [0.15, 0.2) is 18.7 Å². The Kier molecular flexibility index (Phi) is 6.32. The van der Waals surface area contributed by atoms with Crippen molar-refractivity contribution in [3.05, 3.63) is 24.3 Å². The average Bonchev–Trinajstić information content (AvgIpc) is 3.48. The number of aromatic nitrogens is 4. The first-order valence-corrected chi connectivity index (χ1v) is 12.5. The summed E-state index contributed by atoms with van der Waals surface area (Å²) in [5.74, 6) is 0.456. The summed E-state index contributed by atoms with van der Waals surface area (Å²) < 4.78 is 67.8. The number of nitrogens with one attached hydrogen (secondary N) is 1. The van der Waals surface area contributed by atoms with Gasteiger partial charge in [0.2, 0.25) is 16.0 Å². The third kappa shape index (κ3) is 5.44. The molecule has 4 rings (SSSR count). The summed E-state index contributed by atoms with van der Waals surface area (Å²) in [7, 11) is -3.31. The van der Waals surface area contributed by atoms with E-state index in [0.29, 0.717) is 32.0 Å². The molecule has 2 aliphatic rings. The number of alkyl halides is 3. The lowest BCUT2D eigenvalue weighted by molar-refractivity contribution is -0.137. The second kappa shape index (κ2) is 8.90. The van der Waals surface area contributed by atoms with Gasteiger partial charge >= 0.3 is 6.18 Å². The molecule has 1 aliphatic heterocycles. The summed E-state index contributed by atoms with van der Waals surface area (Å²) in [6.07, 6.45) is 2.77. The highest BCUT2D eigenvalue weighted by atomic mass is 32.2. The van der Waals surface area contributed by atoms with Gasteiger partial charge in [0.1, 0.15) is 17.0 Å². The summed E-state index contributed by atoms with van der Waals surface area (Å²) in [5.41, 5.74) is -1.30. The van der Waals surface area contributed by atoms with Gasteiger partial charge in [-0.2, -0.15) is 18.4 Å². The van der Waals surface area contributed by atoms with Gasteiger partial charge in [-0.1, -0.05) is 0 Å². The number of sulfonamides is 1. The van der Waals surface area contributed by atoms with Gasteiger partial charge in [-0.15, -0.1) is 0 Å². The van der Waals surface area contributed by atoms with Crippen molar-refractivity contribution in [1.29, 1.82) is 5.26 Å². The van der Waals surface area contributed by atoms with Crippen LogP contribution in [0.2, 0.25) is 0 Å². The molecule has 1 N–H and O–H groups in total. The SMILES string of the molecule is CS(=O)(=O)N1CCC(Nc2ncc(C(F)(F)F)c(-c3cn(CCC#N)cn3)n2)C(C2CC2)C1. The lowest BCUT2D eigenvalue weighted by atomic mass is 9.89. The smallest absolute Gasteiger partial charge is 0.351 e. The summed E-state index contributed by atoms with van der Waals surface area (Å²) >= 11 is 0. The van der Waals surface area contributed by atoms with Crippen LogP contribution in [0.3, 0.4) is 0 Å². The largest absolute Gasteiger partial charge is 0.420 e. The molecular formula is C20H24F3N7O2S. The Hall–Kier alpha value is -2.72. The molecule has 2 fully saturated rings. The van der Waals surface area contributed by atoms with Crippen LogP contribution in [0.25, 0.3) is 11.4 Å². The first kappa shape index (κ1) is 23.4. The molecule has 0 spiro atoms. The van der Waals surface area contributed by atoms with Crippen molar-refractivity contribution in [3.8, 4) is 17.5 Å². The molecule has 0 aromatic carbocycles. The van der Waals surface area contributed by atoms with Gasteiger partial charge < -0.3 is 9.88 Å². The fourth-order valence-corrected chi connectivity index (χ4v) is 5.12. The van der Waals surface area contributed by atoms with Crippen LogP contribution in [0.4, 0.5) is 19.1 Å². The topological polar surface area (TPSA) is 117 Å². The van der Waals surface area contributed by atoms with Crippen LogP contribution >= 0.6 is 0 Å². The maximum atomic E-state index is 13.6. The zero-order chi connectivity index (χ0) is 23.8. The molecule has 1 saturated heterocycles. The van der Waals surface area contributed by atoms with Gasteiger partial charge in [-0.05, 0) is 31.1 Å². The highest BCUT2D eigenvalue weighted by Crippen LogP contribution is 2.42. The highest BCUT2D eigenvalue weighted by molar-refractivity contribution is 7.88. The summed E-state index contributed by atoms with van der Waals surface area (Å²) in [5, 5.41) is 11.9. The van der Waals surface area contributed by atoms with Crippen LogP contribution < -0.4 is 5.32 Å². The minimum atomic E-state index is -4.67. The van der Waals surface area contributed by atoms with Gasteiger partial charge in [0.05, 0.1) is 25.1 Å². The number of piperidine rings is 1. The molecule has 1 saturated carbocycles. The second-order valence-electron chi connectivity index (χ2n) is 8.52. The van der Waals surface area contributed by atoms with Crippen LogP contribution in [0.5, 0.6) is 0 Å². The quantitative estimate of drug-likeness (QED) is 0.644. The zero-order valence-electron chi connectivity index (χ0n) is 18.0. The van der Waals surface area contributed by atoms with E-state index >= 15 is 0 Å². The standard InChI is InChI=1S/C20H24F3N7O2S/c1-33(31,32)30-8-5-16(14(10-30)13-3-4-13)27-19-25-9-15(20(21,22)23)18(28-19)17-11-29(12-26-17)7-2-6-24/h9,11-14,16H,2-5,7-8,10H2,1H3,(H,25,27,28). The van der Waals surface area contributed by atoms with E-state index < -0.39 is 21.8 Å². The molecule has 0 radical (unpaired) electrons. The maximum absolute atomic E-state index is 13.6. The van der Waals surface area contributed by atoms with Crippen LogP contribution in [0.1, 0.15) is 31.2 Å².